The van der Waals surface area contributed by atoms with E-state index in [-0.39, 0.29) is 11.3 Å². The van der Waals surface area contributed by atoms with Gasteiger partial charge in [0.25, 0.3) is 5.91 Å². The first-order chi connectivity index (χ1) is 8.56. The summed E-state index contributed by atoms with van der Waals surface area (Å²) in [5.74, 6) is 0.507. The summed E-state index contributed by atoms with van der Waals surface area (Å²) < 4.78 is 0. The molecule has 3 nitrogen and oxygen atoms in total. The lowest BCUT2D eigenvalue weighted by molar-refractivity contribution is 0.0931. The molecule has 0 saturated heterocycles. The van der Waals surface area contributed by atoms with Crippen molar-refractivity contribution in [2.75, 3.05) is 12.4 Å². The average molecular weight is 269 g/mol. The average Bonchev–Trinajstić information content (AvgIpc) is 2.40. The highest BCUT2D eigenvalue weighted by atomic mass is 35.5. The van der Waals surface area contributed by atoms with Crippen LogP contribution in [0.3, 0.4) is 0 Å². The van der Waals surface area contributed by atoms with Gasteiger partial charge in [0.1, 0.15) is 0 Å². The normalized spacial score (nSPS) is 11.3. The summed E-state index contributed by atoms with van der Waals surface area (Å²) in [5.41, 5.74) is 1.50. The first-order valence-corrected chi connectivity index (χ1v) is 6.87. The summed E-state index contributed by atoms with van der Waals surface area (Å²) in [5, 5.41) is 2.97. The van der Waals surface area contributed by atoms with Gasteiger partial charge in [-0.15, -0.1) is 11.6 Å². The highest BCUT2D eigenvalue weighted by Crippen LogP contribution is 2.26. The number of hydrogen-bond acceptors (Lipinski definition) is 2. The second kappa shape index (κ2) is 6.74. The Bertz CT molecular complexity index is 394. The molecule has 1 aromatic rings. The largest absolute Gasteiger partial charge is 0.351 e. The van der Waals surface area contributed by atoms with Crippen LogP contribution < -0.4 is 5.32 Å². The lowest BCUT2D eigenvalue weighted by Crippen LogP contribution is -2.38. The predicted molar refractivity (Wildman–Crippen MR) is 75.0 cm³/mol. The van der Waals surface area contributed by atoms with Gasteiger partial charge in [-0.25, -0.2) is 0 Å². The molecule has 0 aliphatic heterocycles. The summed E-state index contributed by atoms with van der Waals surface area (Å²) in [4.78, 5) is 16.1. The number of rotatable bonds is 6. The number of pyridine rings is 1. The lowest BCUT2D eigenvalue weighted by Gasteiger charge is -2.29. The minimum absolute atomic E-state index is 0.000704. The minimum atomic E-state index is -0.0584. The van der Waals surface area contributed by atoms with Crippen molar-refractivity contribution in [1.82, 2.24) is 10.3 Å². The van der Waals surface area contributed by atoms with Crippen molar-refractivity contribution in [3.05, 3.63) is 29.6 Å². The van der Waals surface area contributed by atoms with Gasteiger partial charge in [0, 0.05) is 35.3 Å². The number of amides is 1. The molecule has 0 aromatic carbocycles. The Morgan fingerprint density at radius 1 is 1.44 bits per heavy atom. The van der Waals surface area contributed by atoms with E-state index in [1.165, 1.54) is 0 Å². The molecular weight excluding hydrogens is 248 g/mol. The van der Waals surface area contributed by atoms with E-state index in [2.05, 4.69) is 24.1 Å². The molecule has 1 heterocycles. The molecule has 0 radical (unpaired) electrons. The minimum Gasteiger partial charge on any atom is -0.351 e. The second-order valence-corrected chi connectivity index (χ2v) is 4.98. The Hall–Kier alpha value is -1.09. The van der Waals surface area contributed by atoms with E-state index in [9.17, 15) is 4.79 Å². The van der Waals surface area contributed by atoms with Gasteiger partial charge in [0.05, 0.1) is 0 Å². The quantitative estimate of drug-likeness (QED) is 0.806. The van der Waals surface area contributed by atoms with Crippen molar-refractivity contribution in [1.29, 1.82) is 0 Å². The number of halogens is 1. The van der Waals surface area contributed by atoms with Gasteiger partial charge in [-0.3, -0.25) is 9.78 Å². The van der Waals surface area contributed by atoms with E-state index in [0.29, 0.717) is 18.0 Å². The highest BCUT2D eigenvalue weighted by Gasteiger charge is 2.25. The molecule has 0 aliphatic carbocycles. The number of alkyl halides is 1. The highest BCUT2D eigenvalue weighted by molar-refractivity contribution is 6.18. The van der Waals surface area contributed by atoms with E-state index in [1.54, 1.807) is 18.3 Å². The Morgan fingerprint density at radius 2 is 2.11 bits per heavy atom. The molecule has 1 N–H and O–H groups in total. The smallest absolute Gasteiger partial charge is 0.251 e. The fourth-order valence-electron chi connectivity index (χ4n) is 1.79. The Labute approximate surface area is 114 Å². The van der Waals surface area contributed by atoms with Crippen LogP contribution in [0.4, 0.5) is 0 Å². The number of aryl methyl sites for hydroxylation is 1. The van der Waals surface area contributed by atoms with Crippen LogP contribution in [0.25, 0.3) is 0 Å². The first kappa shape index (κ1) is 15.0. The maximum Gasteiger partial charge on any atom is 0.251 e. The molecular formula is C14H21ClN2O. The van der Waals surface area contributed by atoms with E-state index in [1.807, 2.05) is 6.92 Å². The fourth-order valence-corrected chi connectivity index (χ4v) is 2.27. The van der Waals surface area contributed by atoms with E-state index in [4.69, 9.17) is 11.6 Å². The standard InChI is InChI=1S/C14H21ClN2O/c1-4-14(5-2,9-15)10-17-13(18)12-6-7-16-11(3)8-12/h6-8H,4-5,9-10H2,1-3H3,(H,17,18). The number of aromatic nitrogens is 1. The van der Waals surface area contributed by atoms with Crippen molar-refractivity contribution in [3.8, 4) is 0 Å². The molecule has 0 bridgehead atoms. The lowest BCUT2D eigenvalue weighted by atomic mass is 9.84. The van der Waals surface area contributed by atoms with Gasteiger partial charge in [0.2, 0.25) is 0 Å². The van der Waals surface area contributed by atoms with E-state index >= 15 is 0 Å². The van der Waals surface area contributed by atoms with Gasteiger partial charge >= 0.3 is 0 Å². The molecule has 0 spiro atoms. The van der Waals surface area contributed by atoms with E-state index in [0.717, 1.165) is 18.5 Å². The van der Waals surface area contributed by atoms with Crippen LogP contribution in [-0.4, -0.2) is 23.3 Å². The SMILES string of the molecule is CCC(CC)(CCl)CNC(=O)c1ccnc(C)c1. The zero-order valence-electron chi connectivity index (χ0n) is 11.3. The van der Waals surface area contributed by atoms with Crippen LogP contribution in [0.5, 0.6) is 0 Å². The van der Waals surface area contributed by atoms with Crippen molar-refractivity contribution in [2.24, 2.45) is 5.41 Å². The molecule has 1 aromatic heterocycles. The van der Waals surface area contributed by atoms with Crippen molar-refractivity contribution < 1.29 is 4.79 Å². The Balaban J connectivity index is 2.66. The van der Waals surface area contributed by atoms with Crippen LogP contribution in [0.15, 0.2) is 18.3 Å². The maximum atomic E-state index is 12.0. The molecule has 0 saturated carbocycles. The molecule has 0 aliphatic rings. The van der Waals surface area contributed by atoms with Gasteiger partial charge in [0.15, 0.2) is 0 Å². The van der Waals surface area contributed by atoms with Gasteiger partial charge < -0.3 is 5.32 Å². The van der Waals surface area contributed by atoms with Crippen LogP contribution in [0, 0.1) is 12.3 Å². The zero-order chi connectivity index (χ0) is 13.6. The number of nitrogens with zero attached hydrogens (tertiary/aromatic N) is 1. The van der Waals surface area contributed by atoms with Gasteiger partial charge in [-0.05, 0) is 31.9 Å². The second-order valence-electron chi connectivity index (χ2n) is 4.71. The monoisotopic (exact) mass is 268 g/mol. The van der Waals surface area contributed by atoms with Gasteiger partial charge in [-0.1, -0.05) is 13.8 Å². The predicted octanol–water partition coefficient (Wildman–Crippen LogP) is 3.17. The Kier molecular flexibility index (Phi) is 5.60. The molecule has 1 amide bonds. The first-order valence-electron chi connectivity index (χ1n) is 6.33. The number of nitrogens with one attached hydrogen (secondary N) is 1. The summed E-state index contributed by atoms with van der Waals surface area (Å²) in [6, 6.07) is 3.51. The molecule has 0 fully saturated rings. The van der Waals surface area contributed by atoms with Crippen LogP contribution >= 0.6 is 11.6 Å². The number of carbonyl (C=O) groups is 1. The summed E-state index contributed by atoms with van der Waals surface area (Å²) >= 11 is 6.02. The maximum absolute atomic E-state index is 12.0. The van der Waals surface area contributed by atoms with Crippen molar-refractivity contribution in [3.63, 3.8) is 0 Å². The third-order valence-corrected chi connectivity index (χ3v) is 4.13. The topological polar surface area (TPSA) is 42.0 Å². The molecule has 0 atom stereocenters. The van der Waals surface area contributed by atoms with Crippen LogP contribution in [0.2, 0.25) is 0 Å². The third-order valence-electron chi connectivity index (χ3n) is 3.57. The van der Waals surface area contributed by atoms with Crippen LogP contribution in [0.1, 0.15) is 42.7 Å². The number of carbonyl (C=O) groups excluding carboxylic acids is 1. The Morgan fingerprint density at radius 3 is 2.61 bits per heavy atom. The summed E-state index contributed by atoms with van der Waals surface area (Å²) in [6.45, 7) is 6.70. The molecule has 0 unspecified atom stereocenters. The van der Waals surface area contributed by atoms with Gasteiger partial charge in [-0.2, -0.15) is 0 Å². The fraction of sp³-hybridized carbons (Fsp3) is 0.571. The molecule has 100 valence electrons. The molecule has 1 rings (SSSR count). The van der Waals surface area contributed by atoms with Crippen molar-refractivity contribution >= 4 is 17.5 Å². The van der Waals surface area contributed by atoms with Crippen molar-refractivity contribution in [2.45, 2.75) is 33.6 Å². The number of hydrogen-bond donors (Lipinski definition) is 1. The van der Waals surface area contributed by atoms with E-state index < -0.39 is 0 Å². The summed E-state index contributed by atoms with van der Waals surface area (Å²) in [6.07, 6.45) is 3.57. The zero-order valence-corrected chi connectivity index (χ0v) is 12.0. The third kappa shape index (κ3) is 3.70. The molecule has 4 heteroatoms. The summed E-state index contributed by atoms with van der Waals surface area (Å²) in [7, 11) is 0. The molecule has 18 heavy (non-hydrogen) atoms. The van der Waals surface area contributed by atoms with Crippen LogP contribution in [-0.2, 0) is 0 Å².